The Bertz CT molecular complexity index is 1130. The van der Waals surface area contributed by atoms with Gasteiger partial charge < -0.3 is 14.8 Å². The standard InChI is InChI=1S/C24H25N3O5/c1-15(2)13-25-24(30)27-22(28)14-32-23(29)19-12-21(16-8-10-17(31-3)11-9-16)26-20-7-5-4-6-18(19)20/h4-12,15H,13-14H2,1-3H3,(H2,25,27,28,30). The van der Waals surface area contributed by atoms with Crippen LogP contribution in [0.4, 0.5) is 4.79 Å². The molecule has 0 fully saturated rings. The Morgan fingerprint density at radius 1 is 1.03 bits per heavy atom. The summed E-state index contributed by atoms with van der Waals surface area (Å²) in [6, 6.07) is 15.5. The number of amides is 3. The van der Waals surface area contributed by atoms with Crippen LogP contribution >= 0.6 is 0 Å². The summed E-state index contributed by atoms with van der Waals surface area (Å²) >= 11 is 0. The van der Waals surface area contributed by atoms with Crippen LogP contribution in [0.15, 0.2) is 54.6 Å². The number of hydrogen-bond donors (Lipinski definition) is 2. The highest BCUT2D eigenvalue weighted by molar-refractivity contribution is 6.05. The van der Waals surface area contributed by atoms with Gasteiger partial charge >= 0.3 is 12.0 Å². The van der Waals surface area contributed by atoms with Crippen molar-refractivity contribution in [1.82, 2.24) is 15.6 Å². The van der Waals surface area contributed by atoms with Crippen LogP contribution in [-0.4, -0.2) is 43.2 Å². The normalized spacial score (nSPS) is 10.6. The lowest BCUT2D eigenvalue weighted by atomic mass is 10.0. The molecular formula is C24H25N3O5. The number of esters is 1. The van der Waals surface area contributed by atoms with Gasteiger partial charge in [0.25, 0.3) is 5.91 Å². The number of urea groups is 1. The maximum atomic E-state index is 12.8. The van der Waals surface area contributed by atoms with Crippen molar-refractivity contribution in [2.45, 2.75) is 13.8 Å². The largest absolute Gasteiger partial charge is 0.497 e. The fraction of sp³-hybridized carbons (Fsp3) is 0.250. The second-order valence-electron chi connectivity index (χ2n) is 7.53. The van der Waals surface area contributed by atoms with E-state index in [1.807, 2.05) is 32.0 Å². The summed E-state index contributed by atoms with van der Waals surface area (Å²) in [7, 11) is 1.58. The number of nitrogens with one attached hydrogen (secondary N) is 2. The third-order valence-corrected chi connectivity index (χ3v) is 4.58. The van der Waals surface area contributed by atoms with Crippen LogP contribution in [0.25, 0.3) is 22.2 Å². The molecule has 0 atom stereocenters. The van der Waals surface area contributed by atoms with Crippen molar-refractivity contribution in [2.24, 2.45) is 5.92 Å². The number of methoxy groups -OCH3 is 1. The van der Waals surface area contributed by atoms with E-state index >= 15 is 0 Å². The molecule has 3 amide bonds. The van der Waals surface area contributed by atoms with E-state index in [9.17, 15) is 14.4 Å². The fourth-order valence-electron chi connectivity index (χ4n) is 2.97. The van der Waals surface area contributed by atoms with Gasteiger partial charge in [-0.05, 0) is 42.3 Å². The average Bonchev–Trinajstić information content (AvgIpc) is 2.80. The minimum absolute atomic E-state index is 0.244. The van der Waals surface area contributed by atoms with E-state index < -0.39 is 24.5 Å². The molecular weight excluding hydrogens is 410 g/mol. The van der Waals surface area contributed by atoms with E-state index in [1.165, 1.54) is 0 Å². The second kappa shape index (κ2) is 10.4. The highest BCUT2D eigenvalue weighted by Crippen LogP contribution is 2.26. The van der Waals surface area contributed by atoms with E-state index in [-0.39, 0.29) is 11.5 Å². The van der Waals surface area contributed by atoms with Crippen molar-refractivity contribution >= 4 is 28.8 Å². The Kier molecular flexibility index (Phi) is 7.38. The third kappa shape index (κ3) is 5.81. The number of nitrogens with zero attached hydrogens (tertiary/aromatic N) is 1. The summed E-state index contributed by atoms with van der Waals surface area (Å²) in [5.41, 5.74) is 2.27. The molecule has 0 radical (unpaired) electrons. The molecule has 166 valence electrons. The molecule has 3 aromatic rings. The van der Waals surface area contributed by atoms with E-state index in [2.05, 4.69) is 15.6 Å². The van der Waals surface area contributed by atoms with Crippen LogP contribution in [0.1, 0.15) is 24.2 Å². The first kappa shape index (κ1) is 22.7. The summed E-state index contributed by atoms with van der Waals surface area (Å²) in [6.07, 6.45) is 0. The second-order valence-corrected chi connectivity index (χ2v) is 7.53. The molecule has 0 spiro atoms. The molecule has 1 heterocycles. The number of carbonyl (C=O) groups excluding carboxylic acids is 3. The average molecular weight is 435 g/mol. The predicted octanol–water partition coefficient (Wildman–Crippen LogP) is 3.55. The first-order valence-electron chi connectivity index (χ1n) is 10.2. The van der Waals surface area contributed by atoms with E-state index in [4.69, 9.17) is 9.47 Å². The number of hydrogen-bond acceptors (Lipinski definition) is 6. The number of rotatable bonds is 7. The number of para-hydroxylation sites is 1. The van der Waals surface area contributed by atoms with Gasteiger partial charge in [-0.15, -0.1) is 0 Å². The smallest absolute Gasteiger partial charge is 0.339 e. The van der Waals surface area contributed by atoms with Crippen molar-refractivity contribution in [3.8, 4) is 17.0 Å². The van der Waals surface area contributed by atoms with Crippen LogP contribution < -0.4 is 15.4 Å². The van der Waals surface area contributed by atoms with Crippen molar-refractivity contribution in [3.63, 3.8) is 0 Å². The van der Waals surface area contributed by atoms with Gasteiger partial charge in [-0.2, -0.15) is 0 Å². The molecule has 2 aromatic carbocycles. The predicted molar refractivity (Wildman–Crippen MR) is 120 cm³/mol. The van der Waals surface area contributed by atoms with Crippen LogP contribution in [0.5, 0.6) is 5.75 Å². The molecule has 0 aliphatic carbocycles. The van der Waals surface area contributed by atoms with Crippen LogP contribution in [-0.2, 0) is 9.53 Å². The number of imide groups is 1. The van der Waals surface area contributed by atoms with E-state index in [0.29, 0.717) is 28.9 Å². The van der Waals surface area contributed by atoms with Crippen molar-refractivity contribution in [1.29, 1.82) is 0 Å². The lowest BCUT2D eigenvalue weighted by Gasteiger charge is -2.11. The molecule has 8 nitrogen and oxygen atoms in total. The van der Waals surface area contributed by atoms with Gasteiger partial charge in [0.15, 0.2) is 6.61 Å². The van der Waals surface area contributed by atoms with E-state index in [0.717, 1.165) is 5.56 Å². The maximum absolute atomic E-state index is 12.8. The summed E-state index contributed by atoms with van der Waals surface area (Å²) in [6.45, 7) is 3.71. The minimum atomic E-state index is -0.714. The highest BCUT2D eigenvalue weighted by atomic mass is 16.5. The first-order valence-corrected chi connectivity index (χ1v) is 10.2. The van der Waals surface area contributed by atoms with Gasteiger partial charge in [-0.3, -0.25) is 10.1 Å². The van der Waals surface area contributed by atoms with Crippen molar-refractivity contribution < 1.29 is 23.9 Å². The maximum Gasteiger partial charge on any atom is 0.339 e. The van der Waals surface area contributed by atoms with Gasteiger partial charge in [0, 0.05) is 17.5 Å². The number of pyridine rings is 1. The Morgan fingerprint density at radius 2 is 1.75 bits per heavy atom. The van der Waals surface area contributed by atoms with Crippen LogP contribution in [0.2, 0.25) is 0 Å². The van der Waals surface area contributed by atoms with Gasteiger partial charge in [0.2, 0.25) is 0 Å². The third-order valence-electron chi connectivity index (χ3n) is 4.58. The molecule has 0 saturated carbocycles. The number of benzene rings is 2. The van der Waals surface area contributed by atoms with Crippen LogP contribution in [0.3, 0.4) is 0 Å². The van der Waals surface area contributed by atoms with Gasteiger partial charge in [-0.25, -0.2) is 14.6 Å². The number of aromatic nitrogens is 1. The molecule has 8 heteroatoms. The Balaban J connectivity index is 1.77. The van der Waals surface area contributed by atoms with Gasteiger partial charge in [0.05, 0.1) is 23.9 Å². The summed E-state index contributed by atoms with van der Waals surface area (Å²) in [5.74, 6) is -0.449. The molecule has 0 bridgehead atoms. The summed E-state index contributed by atoms with van der Waals surface area (Å²) in [5, 5.41) is 5.30. The lowest BCUT2D eigenvalue weighted by Crippen LogP contribution is -2.42. The lowest BCUT2D eigenvalue weighted by molar-refractivity contribution is -0.123. The molecule has 32 heavy (non-hydrogen) atoms. The topological polar surface area (TPSA) is 107 Å². The van der Waals surface area contributed by atoms with Crippen molar-refractivity contribution in [2.75, 3.05) is 20.3 Å². The molecule has 0 aliphatic rings. The molecule has 2 N–H and O–H groups in total. The monoisotopic (exact) mass is 435 g/mol. The Labute approximate surface area is 185 Å². The number of carbonyl (C=O) groups is 3. The Morgan fingerprint density at radius 3 is 2.44 bits per heavy atom. The Hall–Kier alpha value is -3.94. The van der Waals surface area contributed by atoms with Crippen molar-refractivity contribution in [3.05, 3.63) is 60.2 Å². The summed E-state index contributed by atoms with van der Waals surface area (Å²) in [4.78, 5) is 41.1. The first-order chi connectivity index (χ1) is 15.4. The van der Waals surface area contributed by atoms with Gasteiger partial charge in [-0.1, -0.05) is 32.0 Å². The van der Waals surface area contributed by atoms with Gasteiger partial charge in [0.1, 0.15) is 5.75 Å². The molecule has 0 saturated heterocycles. The molecule has 1 aromatic heterocycles. The highest BCUT2D eigenvalue weighted by Gasteiger charge is 2.17. The zero-order valence-electron chi connectivity index (χ0n) is 18.2. The molecule has 0 aliphatic heterocycles. The zero-order valence-corrected chi connectivity index (χ0v) is 18.2. The SMILES string of the molecule is COc1ccc(-c2cc(C(=O)OCC(=O)NC(=O)NCC(C)C)c3ccccc3n2)cc1. The molecule has 0 unspecified atom stereocenters. The molecule has 3 rings (SSSR count). The quantitative estimate of drug-likeness (QED) is 0.550. The minimum Gasteiger partial charge on any atom is -0.497 e. The zero-order chi connectivity index (χ0) is 23.1. The number of fused-ring (bicyclic) bond motifs is 1. The van der Waals surface area contributed by atoms with E-state index in [1.54, 1.807) is 43.5 Å². The number of ether oxygens (including phenoxy) is 2. The summed E-state index contributed by atoms with van der Waals surface area (Å²) < 4.78 is 10.4. The fourth-order valence-corrected chi connectivity index (χ4v) is 2.97. The van der Waals surface area contributed by atoms with Crippen LogP contribution in [0, 0.1) is 5.92 Å².